The van der Waals surface area contributed by atoms with Crippen LogP contribution < -0.4 is 0 Å². The van der Waals surface area contributed by atoms with Gasteiger partial charge in [0, 0.05) is 31.2 Å². The fraction of sp³-hybridized carbons (Fsp3) is 0.611. The summed E-state index contributed by atoms with van der Waals surface area (Å²) in [5, 5.41) is 9.53. The standard InChI is InChI=1S/C18H28N2O2/c1-4-19(14(2)3)13-15-5-7-16(8-6-15)18(22)20-11-9-17(21)10-12-20/h5-8,14,17,21H,4,9-13H2,1-3H3. The summed E-state index contributed by atoms with van der Waals surface area (Å²) in [4.78, 5) is 16.7. The lowest BCUT2D eigenvalue weighted by Gasteiger charge is -2.29. The molecule has 1 heterocycles. The second kappa shape index (κ2) is 7.75. The molecule has 1 fully saturated rings. The summed E-state index contributed by atoms with van der Waals surface area (Å²) in [7, 11) is 0. The number of hydrogen-bond acceptors (Lipinski definition) is 3. The maximum atomic E-state index is 12.4. The lowest BCUT2D eigenvalue weighted by Crippen LogP contribution is -2.40. The molecule has 0 aromatic heterocycles. The highest BCUT2D eigenvalue weighted by Gasteiger charge is 2.22. The molecule has 0 spiro atoms. The molecule has 1 amide bonds. The number of hydrogen-bond donors (Lipinski definition) is 1. The second-order valence-electron chi connectivity index (χ2n) is 6.38. The van der Waals surface area contributed by atoms with E-state index in [2.05, 4.69) is 37.8 Å². The van der Waals surface area contributed by atoms with Gasteiger partial charge in [-0.15, -0.1) is 0 Å². The van der Waals surface area contributed by atoms with Gasteiger partial charge in [0.15, 0.2) is 0 Å². The Balaban J connectivity index is 1.97. The van der Waals surface area contributed by atoms with Gasteiger partial charge in [-0.3, -0.25) is 9.69 Å². The van der Waals surface area contributed by atoms with Crippen molar-refractivity contribution >= 4 is 5.91 Å². The molecule has 0 bridgehead atoms. The summed E-state index contributed by atoms with van der Waals surface area (Å²) in [6.07, 6.45) is 1.12. The van der Waals surface area contributed by atoms with Gasteiger partial charge in [0.05, 0.1) is 6.10 Å². The van der Waals surface area contributed by atoms with Gasteiger partial charge < -0.3 is 10.0 Å². The van der Waals surface area contributed by atoms with Crippen LogP contribution in [0.2, 0.25) is 0 Å². The van der Waals surface area contributed by atoms with Crippen molar-refractivity contribution in [3.63, 3.8) is 0 Å². The predicted molar refractivity (Wildman–Crippen MR) is 88.8 cm³/mol. The molecule has 4 nitrogen and oxygen atoms in total. The van der Waals surface area contributed by atoms with E-state index >= 15 is 0 Å². The average Bonchev–Trinajstić information content (AvgIpc) is 2.53. The van der Waals surface area contributed by atoms with E-state index in [0.29, 0.717) is 32.0 Å². The largest absolute Gasteiger partial charge is 0.393 e. The molecular formula is C18H28N2O2. The minimum atomic E-state index is -0.248. The molecule has 0 unspecified atom stereocenters. The first kappa shape index (κ1) is 17.0. The highest BCUT2D eigenvalue weighted by molar-refractivity contribution is 5.94. The van der Waals surface area contributed by atoms with Gasteiger partial charge >= 0.3 is 0 Å². The van der Waals surface area contributed by atoms with Crippen LogP contribution in [0.25, 0.3) is 0 Å². The Hall–Kier alpha value is -1.39. The predicted octanol–water partition coefficient (Wildman–Crippen LogP) is 2.51. The van der Waals surface area contributed by atoms with Crippen LogP contribution in [-0.4, -0.2) is 52.6 Å². The number of piperidine rings is 1. The zero-order chi connectivity index (χ0) is 16.1. The first-order chi connectivity index (χ1) is 10.5. The lowest BCUT2D eigenvalue weighted by molar-refractivity contribution is 0.0546. The molecule has 1 aliphatic rings. The summed E-state index contributed by atoms with van der Waals surface area (Å²) in [5.41, 5.74) is 1.98. The zero-order valence-corrected chi connectivity index (χ0v) is 14.0. The number of aliphatic hydroxyl groups is 1. The number of aliphatic hydroxyl groups excluding tert-OH is 1. The van der Waals surface area contributed by atoms with Crippen LogP contribution in [0.15, 0.2) is 24.3 Å². The highest BCUT2D eigenvalue weighted by Crippen LogP contribution is 2.15. The van der Waals surface area contributed by atoms with E-state index in [1.807, 2.05) is 17.0 Å². The topological polar surface area (TPSA) is 43.8 Å². The van der Waals surface area contributed by atoms with Crippen molar-refractivity contribution in [1.82, 2.24) is 9.80 Å². The molecule has 0 saturated carbocycles. The number of likely N-dealkylation sites (tertiary alicyclic amines) is 1. The van der Waals surface area contributed by atoms with Crippen LogP contribution in [0, 0.1) is 0 Å². The first-order valence-electron chi connectivity index (χ1n) is 8.31. The third-order valence-electron chi connectivity index (χ3n) is 4.47. The van der Waals surface area contributed by atoms with Gasteiger partial charge in [-0.1, -0.05) is 19.1 Å². The fourth-order valence-electron chi connectivity index (χ4n) is 2.90. The Bertz CT molecular complexity index is 476. The maximum Gasteiger partial charge on any atom is 0.253 e. The van der Waals surface area contributed by atoms with E-state index in [-0.39, 0.29) is 12.0 Å². The van der Waals surface area contributed by atoms with Gasteiger partial charge in [-0.05, 0) is 50.9 Å². The molecule has 0 radical (unpaired) electrons. The third kappa shape index (κ3) is 4.31. The monoisotopic (exact) mass is 304 g/mol. The molecule has 0 aliphatic carbocycles. The zero-order valence-electron chi connectivity index (χ0n) is 14.0. The van der Waals surface area contributed by atoms with E-state index in [1.54, 1.807) is 0 Å². The second-order valence-corrected chi connectivity index (χ2v) is 6.38. The molecule has 1 aromatic rings. The molecule has 1 N–H and O–H groups in total. The van der Waals surface area contributed by atoms with Crippen LogP contribution >= 0.6 is 0 Å². The van der Waals surface area contributed by atoms with Crippen molar-refractivity contribution in [1.29, 1.82) is 0 Å². The Labute approximate surface area is 133 Å². The van der Waals surface area contributed by atoms with Gasteiger partial charge in [0.1, 0.15) is 0 Å². The number of amides is 1. The smallest absolute Gasteiger partial charge is 0.253 e. The molecule has 122 valence electrons. The number of carbonyl (C=O) groups excluding carboxylic acids is 1. The molecule has 1 saturated heterocycles. The Kier molecular flexibility index (Phi) is 5.98. The number of benzene rings is 1. The minimum Gasteiger partial charge on any atom is -0.393 e. The van der Waals surface area contributed by atoms with Crippen LogP contribution in [0.5, 0.6) is 0 Å². The van der Waals surface area contributed by atoms with E-state index in [0.717, 1.165) is 18.7 Å². The molecule has 2 rings (SSSR count). The molecule has 4 heteroatoms. The Morgan fingerprint density at radius 1 is 1.27 bits per heavy atom. The maximum absolute atomic E-state index is 12.4. The summed E-state index contributed by atoms with van der Waals surface area (Å²) in [5.74, 6) is 0.0784. The molecule has 1 aromatic carbocycles. The third-order valence-corrected chi connectivity index (χ3v) is 4.47. The van der Waals surface area contributed by atoms with Crippen LogP contribution in [0.1, 0.15) is 49.5 Å². The molecule has 1 aliphatic heterocycles. The first-order valence-corrected chi connectivity index (χ1v) is 8.31. The van der Waals surface area contributed by atoms with E-state index in [1.165, 1.54) is 5.56 Å². The SMILES string of the molecule is CCN(Cc1ccc(C(=O)N2CCC(O)CC2)cc1)C(C)C. The summed E-state index contributed by atoms with van der Waals surface area (Å²) in [6, 6.07) is 8.48. The van der Waals surface area contributed by atoms with Gasteiger partial charge in [-0.2, -0.15) is 0 Å². The van der Waals surface area contributed by atoms with E-state index in [9.17, 15) is 9.90 Å². The molecule has 0 atom stereocenters. The summed E-state index contributed by atoms with van der Waals surface area (Å²) in [6.45, 7) is 9.81. The van der Waals surface area contributed by atoms with Crippen LogP contribution in [0.3, 0.4) is 0 Å². The van der Waals surface area contributed by atoms with E-state index in [4.69, 9.17) is 0 Å². The van der Waals surface area contributed by atoms with Crippen molar-refractivity contribution < 1.29 is 9.90 Å². The molecular weight excluding hydrogens is 276 g/mol. The molecule has 22 heavy (non-hydrogen) atoms. The normalized spacial score (nSPS) is 16.5. The number of rotatable bonds is 5. The summed E-state index contributed by atoms with van der Waals surface area (Å²) < 4.78 is 0. The van der Waals surface area contributed by atoms with Crippen molar-refractivity contribution in [2.75, 3.05) is 19.6 Å². The number of carbonyl (C=O) groups is 1. The minimum absolute atomic E-state index is 0.0784. The van der Waals surface area contributed by atoms with Crippen LogP contribution in [0.4, 0.5) is 0 Å². The highest BCUT2D eigenvalue weighted by atomic mass is 16.3. The van der Waals surface area contributed by atoms with Crippen molar-refractivity contribution in [2.24, 2.45) is 0 Å². The van der Waals surface area contributed by atoms with Crippen molar-refractivity contribution in [2.45, 2.75) is 52.3 Å². The van der Waals surface area contributed by atoms with Gasteiger partial charge in [0.25, 0.3) is 5.91 Å². The quantitative estimate of drug-likeness (QED) is 0.909. The summed E-state index contributed by atoms with van der Waals surface area (Å²) >= 11 is 0. The van der Waals surface area contributed by atoms with Gasteiger partial charge in [-0.25, -0.2) is 0 Å². The lowest BCUT2D eigenvalue weighted by atomic mass is 10.1. The Morgan fingerprint density at radius 3 is 2.36 bits per heavy atom. The Morgan fingerprint density at radius 2 is 1.86 bits per heavy atom. The fourth-order valence-corrected chi connectivity index (χ4v) is 2.90. The van der Waals surface area contributed by atoms with Crippen molar-refractivity contribution in [3.05, 3.63) is 35.4 Å². The average molecular weight is 304 g/mol. The van der Waals surface area contributed by atoms with E-state index < -0.39 is 0 Å². The van der Waals surface area contributed by atoms with Gasteiger partial charge in [0.2, 0.25) is 0 Å². The van der Waals surface area contributed by atoms with Crippen LogP contribution in [-0.2, 0) is 6.54 Å². The number of nitrogens with zero attached hydrogens (tertiary/aromatic N) is 2. The van der Waals surface area contributed by atoms with Crippen molar-refractivity contribution in [3.8, 4) is 0 Å².